The highest BCUT2D eigenvalue weighted by Gasteiger charge is 2.20. The molecule has 10 heteroatoms. The van der Waals surface area contributed by atoms with Crippen molar-refractivity contribution in [2.75, 3.05) is 11.9 Å². The number of hydrogen-bond donors (Lipinski definition) is 1. The number of aryl methyl sites for hydroxylation is 3. The second-order valence-electron chi connectivity index (χ2n) is 9.02. The van der Waals surface area contributed by atoms with E-state index >= 15 is 0 Å². The van der Waals surface area contributed by atoms with Crippen molar-refractivity contribution in [3.8, 4) is 0 Å². The topological polar surface area (TPSA) is 106 Å². The fraction of sp³-hybridized carbons (Fsp3) is 0.346. The van der Waals surface area contributed by atoms with E-state index in [-0.39, 0.29) is 0 Å². The van der Waals surface area contributed by atoms with E-state index in [9.17, 15) is 9.59 Å². The van der Waals surface area contributed by atoms with Gasteiger partial charge in [-0.1, -0.05) is 12.1 Å². The van der Waals surface area contributed by atoms with E-state index in [1.54, 1.807) is 6.20 Å². The first kappa shape index (κ1) is 23.5. The number of fused-ring (bicyclic) bond motifs is 2. The van der Waals surface area contributed by atoms with Gasteiger partial charge >= 0.3 is 5.69 Å². The highest BCUT2D eigenvalue weighted by atomic mass is 16.2. The number of hydrogen-bond acceptors (Lipinski definition) is 6. The molecular weight excluding hydrogens is 456 g/mol. The number of rotatable bonds is 8. The van der Waals surface area contributed by atoms with Crippen LogP contribution in [0, 0.1) is 0 Å². The standard InChI is InChI=1S/C26H30N8O2/c1-4-33-24-23(25(35)30-26(33)36)34(16-18-8-10-20(11-9-18)31(3)14-12-27-2)22(29-24)15-19-17-32-13-6-5-7-21(32)28-19/h8-12,14,17H,2,4-7,13,15-16H2,1,3H3,(H,30,35,36)/b14-12-. The van der Waals surface area contributed by atoms with Crippen LogP contribution < -0.4 is 16.1 Å². The van der Waals surface area contributed by atoms with Gasteiger partial charge in [-0.05, 0) is 44.2 Å². The Labute approximate surface area is 208 Å². The number of nitrogens with one attached hydrogen (secondary N) is 1. The number of benzene rings is 1. The minimum atomic E-state index is -0.446. The Balaban J connectivity index is 1.56. The summed E-state index contributed by atoms with van der Waals surface area (Å²) in [6, 6.07) is 8.07. The van der Waals surface area contributed by atoms with Crippen molar-refractivity contribution < 1.29 is 0 Å². The molecule has 36 heavy (non-hydrogen) atoms. The number of aromatic amines is 1. The van der Waals surface area contributed by atoms with Crippen LogP contribution in [0.2, 0.25) is 0 Å². The summed E-state index contributed by atoms with van der Waals surface area (Å²) in [5, 5.41) is 0. The van der Waals surface area contributed by atoms with Crippen molar-refractivity contribution in [1.82, 2.24) is 28.7 Å². The first-order valence-electron chi connectivity index (χ1n) is 12.2. The largest absolute Gasteiger partial charge is 0.350 e. The monoisotopic (exact) mass is 486 g/mol. The van der Waals surface area contributed by atoms with Gasteiger partial charge < -0.3 is 14.0 Å². The van der Waals surface area contributed by atoms with Crippen molar-refractivity contribution in [2.45, 2.75) is 52.2 Å². The fourth-order valence-corrected chi connectivity index (χ4v) is 4.79. The molecule has 3 aromatic heterocycles. The molecule has 1 aliphatic heterocycles. The van der Waals surface area contributed by atoms with E-state index in [1.165, 1.54) is 4.57 Å². The van der Waals surface area contributed by atoms with Gasteiger partial charge in [0.2, 0.25) is 0 Å². The molecule has 0 saturated heterocycles. The molecule has 0 saturated carbocycles. The van der Waals surface area contributed by atoms with Crippen molar-refractivity contribution in [2.24, 2.45) is 4.99 Å². The molecule has 0 spiro atoms. The molecule has 5 rings (SSSR count). The molecule has 1 N–H and O–H groups in total. The Morgan fingerprint density at radius 2 is 1.97 bits per heavy atom. The first-order valence-corrected chi connectivity index (χ1v) is 12.2. The molecule has 4 aromatic rings. The van der Waals surface area contributed by atoms with Crippen LogP contribution in [0.5, 0.6) is 0 Å². The summed E-state index contributed by atoms with van der Waals surface area (Å²) in [5.41, 5.74) is 2.86. The van der Waals surface area contributed by atoms with Crippen LogP contribution in [0.3, 0.4) is 0 Å². The molecular formula is C26H30N8O2. The van der Waals surface area contributed by atoms with E-state index in [0.717, 1.165) is 48.6 Å². The quantitative estimate of drug-likeness (QED) is 0.386. The van der Waals surface area contributed by atoms with Gasteiger partial charge in [0.1, 0.15) is 11.6 Å². The Hall–Kier alpha value is -4.21. The third-order valence-electron chi connectivity index (χ3n) is 6.66. The third-order valence-corrected chi connectivity index (χ3v) is 6.66. The van der Waals surface area contributed by atoms with Crippen molar-refractivity contribution in [1.29, 1.82) is 0 Å². The van der Waals surface area contributed by atoms with Gasteiger partial charge in [0, 0.05) is 63.8 Å². The molecule has 0 bridgehead atoms. The Morgan fingerprint density at radius 3 is 2.69 bits per heavy atom. The lowest BCUT2D eigenvalue weighted by Gasteiger charge is -2.15. The van der Waals surface area contributed by atoms with Gasteiger partial charge in [-0.15, -0.1) is 0 Å². The lowest BCUT2D eigenvalue weighted by molar-refractivity contribution is 0.522. The number of imidazole rings is 2. The summed E-state index contributed by atoms with van der Waals surface area (Å²) in [6.45, 7) is 7.16. The predicted molar refractivity (Wildman–Crippen MR) is 141 cm³/mol. The zero-order chi connectivity index (χ0) is 25.2. The Bertz CT molecular complexity index is 1530. The second kappa shape index (κ2) is 9.80. The Morgan fingerprint density at radius 1 is 1.17 bits per heavy atom. The predicted octanol–water partition coefficient (Wildman–Crippen LogP) is 2.69. The van der Waals surface area contributed by atoms with Crippen LogP contribution in [0.25, 0.3) is 11.2 Å². The maximum atomic E-state index is 13.0. The number of H-pyrrole nitrogens is 1. The van der Waals surface area contributed by atoms with Crippen LogP contribution in [-0.4, -0.2) is 42.4 Å². The van der Waals surface area contributed by atoms with Gasteiger partial charge in [-0.25, -0.2) is 14.8 Å². The maximum absolute atomic E-state index is 13.0. The smallest absolute Gasteiger partial charge is 0.330 e. The van der Waals surface area contributed by atoms with Crippen LogP contribution in [0.1, 0.15) is 42.7 Å². The zero-order valence-corrected chi connectivity index (χ0v) is 20.6. The van der Waals surface area contributed by atoms with Crippen molar-refractivity contribution >= 4 is 23.6 Å². The molecule has 4 heterocycles. The molecule has 0 amide bonds. The van der Waals surface area contributed by atoms with Gasteiger partial charge in [0.05, 0.1) is 5.69 Å². The summed E-state index contributed by atoms with van der Waals surface area (Å²) >= 11 is 0. The van der Waals surface area contributed by atoms with Crippen LogP contribution >= 0.6 is 0 Å². The van der Waals surface area contributed by atoms with Crippen LogP contribution in [0.15, 0.2) is 57.4 Å². The minimum absolute atomic E-state index is 0.400. The third kappa shape index (κ3) is 4.41. The molecule has 1 aliphatic rings. The summed E-state index contributed by atoms with van der Waals surface area (Å²) < 4.78 is 5.64. The molecule has 186 valence electrons. The molecule has 10 nitrogen and oxygen atoms in total. The van der Waals surface area contributed by atoms with Crippen molar-refractivity contribution in [3.63, 3.8) is 0 Å². The van der Waals surface area contributed by atoms with Gasteiger partial charge in [-0.2, -0.15) is 0 Å². The summed E-state index contributed by atoms with van der Waals surface area (Å²) in [4.78, 5) is 43.2. The van der Waals surface area contributed by atoms with Crippen LogP contribution in [-0.2, 0) is 32.5 Å². The lowest BCUT2D eigenvalue weighted by atomic mass is 10.2. The SMILES string of the molecule is C=N/C=C\N(C)c1ccc(Cn2c(Cc3cn4c(n3)CCCC4)nc3c2c(=O)[nH]c(=O)n3CC)cc1. The lowest BCUT2D eigenvalue weighted by Crippen LogP contribution is -2.30. The number of aromatic nitrogens is 6. The highest BCUT2D eigenvalue weighted by molar-refractivity contribution is 5.71. The molecule has 0 atom stereocenters. The van der Waals surface area contributed by atoms with E-state index in [4.69, 9.17) is 9.97 Å². The summed E-state index contributed by atoms with van der Waals surface area (Å²) in [6.07, 6.45) is 9.31. The average Bonchev–Trinajstić information content (AvgIpc) is 3.44. The average molecular weight is 487 g/mol. The van der Waals surface area contributed by atoms with Gasteiger partial charge in [-0.3, -0.25) is 19.3 Å². The number of nitrogens with zero attached hydrogens (tertiary/aromatic N) is 7. The molecule has 1 aromatic carbocycles. The normalized spacial score (nSPS) is 13.4. The van der Waals surface area contributed by atoms with E-state index in [1.807, 2.05) is 53.9 Å². The molecule has 0 aliphatic carbocycles. The number of aliphatic imine (C=N–C) groups is 1. The summed E-state index contributed by atoms with van der Waals surface area (Å²) in [7, 11) is 1.94. The zero-order valence-electron chi connectivity index (χ0n) is 20.6. The first-order chi connectivity index (χ1) is 17.5. The Kier molecular flexibility index (Phi) is 6.41. The fourth-order valence-electron chi connectivity index (χ4n) is 4.79. The summed E-state index contributed by atoms with van der Waals surface area (Å²) in [5.74, 6) is 1.81. The molecule has 0 fully saturated rings. The van der Waals surface area contributed by atoms with E-state index in [0.29, 0.717) is 36.5 Å². The minimum Gasteiger partial charge on any atom is -0.350 e. The van der Waals surface area contributed by atoms with Crippen LogP contribution in [0.4, 0.5) is 5.69 Å². The van der Waals surface area contributed by atoms with Crippen molar-refractivity contribution in [3.05, 3.63) is 86.6 Å². The molecule has 0 radical (unpaired) electrons. The maximum Gasteiger partial charge on any atom is 0.330 e. The van der Waals surface area contributed by atoms with E-state index in [2.05, 4.69) is 27.5 Å². The second-order valence-corrected chi connectivity index (χ2v) is 9.02. The highest BCUT2D eigenvalue weighted by Crippen LogP contribution is 2.21. The van der Waals surface area contributed by atoms with Gasteiger partial charge in [0.15, 0.2) is 11.2 Å². The molecule has 0 unspecified atom stereocenters. The number of anilines is 1. The van der Waals surface area contributed by atoms with Gasteiger partial charge in [0.25, 0.3) is 5.56 Å². The van der Waals surface area contributed by atoms with E-state index < -0.39 is 11.2 Å².